The molecule has 3 aromatic rings. The molecule has 0 bridgehead atoms. The molecule has 0 unspecified atom stereocenters. The number of hydrogen-bond donors (Lipinski definition) is 3. The van der Waals surface area contributed by atoms with Gasteiger partial charge in [0.2, 0.25) is 5.95 Å². The smallest absolute Gasteiger partial charge is 0.256 e. The number of hydrogen-bond acceptors (Lipinski definition) is 6. The first-order valence-electron chi connectivity index (χ1n) is 10.6. The van der Waals surface area contributed by atoms with Gasteiger partial charge in [-0.15, -0.1) is 0 Å². The van der Waals surface area contributed by atoms with E-state index < -0.39 is 0 Å². The second-order valence-corrected chi connectivity index (χ2v) is 8.83. The van der Waals surface area contributed by atoms with Crippen LogP contribution in [0.3, 0.4) is 0 Å². The van der Waals surface area contributed by atoms with E-state index in [1.54, 1.807) is 6.20 Å². The quantitative estimate of drug-likeness (QED) is 0.557. The van der Waals surface area contributed by atoms with Crippen LogP contribution in [0.5, 0.6) is 0 Å². The fourth-order valence-electron chi connectivity index (χ4n) is 3.55. The minimum Gasteiger partial charge on any atom is -0.354 e. The van der Waals surface area contributed by atoms with Gasteiger partial charge in [0, 0.05) is 23.9 Å². The van der Waals surface area contributed by atoms with Gasteiger partial charge < -0.3 is 15.5 Å². The molecule has 8 nitrogen and oxygen atoms in total. The molecular weight excluding hydrogens is 390 g/mol. The van der Waals surface area contributed by atoms with Gasteiger partial charge in [-0.3, -0.25) is 9.89 Å². The highest BCUT2D eigenvalue weighted by molar-refractivity contribution is 6.04. The number of nitrogens with zero attached hydrogens (tertiary/aromatic N) is 4. The Morgan fingerprint density at radius 1 is 1.16 bits per heavy atom. The van der Waals surface area contributed by atoms with E-state index in [0.717, 1.165) is 30.0 Å². The Kier molecular flexibility index (Phi) is 5.63. The van der Waals surface area contributed by atoms with Gasteiger partial charge in [-0.1, -0.05) is 39.8 Å². The van der Waals surface area contributed by atoms with Crippen molar-refractivity contribution in [2.24, 2.45) is 0 Å². The van der Waals surface area contributed by atoms with Gasteiger partial charge in [-0.05, 0) is 35.6 Å². The standard InChI is InChI=1S/C23H29N7O/c1-5-11-24-22-25-12-10-19(26-22)30-13-17-18(14-30)28-29-20(17)27-21(31)15-6-8-16(9-7-15)23(2,3)4/h6-10,12H,5,11,13-14H2,1-4H3,(H,24,25,26)(H2,27,28,29,31). The summed E-state index contributed by atoms with van der Waals surface area (Å²) in [5, 5.41) is 13.5. The SMILES string of the molecule is CCCNc1nccc(N2Cc3[nH]nc(NC(=O)c4ccc(C(C)(C)C)cc4)c3C2)n1. The third-order valence-corrected chi connectivity index (χ3v) is 5.39. The molecule has 0 aliphatic carbocycles. The van der Waals surface area contributed by atoms with E-state index in [1.165, 1.54) is 5.56 Å². The number of aromatic nitrogens is 4. The molecule has 1 amide bonds. The molecule has 0 spiro atoms. The highest BCUT2D eigenvalue weighted by Crippen LogP contribution is 2.31. The van der Waals surface area contributed by atoms with E-state index in [2.05, 4.69) is 63.4 Å². The van der Waals surface area contributed by atoms with Crippen LogP contribution in [0.4, 0.5) is 17.6 Å². The lowest BCUT2D eigenvalue weighted by Gasteiger charge is -2.19. The molecule has 31 heavy (non-hydrogen) atoms. The number of anilines is 3. The number of rotatable bonds is 6. The summed E-state index contributed by atoms with van der Waals surface area (Å²) in [5.41, 5.74) is 3.83. The lowest BCUT2D eigenvalue weighted by atomic mass is 9.87. The van der Waals surface area contributed by atoms with Crippen LogP contribution in [0.1, 0.15) is 61.3 Å². The summed E-state index contributed by atoms with van der Waals surface area (Å²) in [6, 6.07) is 9.63. The third kappa shape index (κ3) is 4.52. The summed E-state index contributed by atoms with van der Waals surface area (Å²) < 4.78 is 0. The normalized spacial score (nSPS) is 13.2. The minimum atomic E-state index is -0.165. The van der Waals surface area contributed by atoms with Gasteiger partial charge in [0.05, 0.1) is 18.8 Å². The van der Waals surface area contributed by atoms with E-state index in [-0.39, 0.29) is 11.3 Å². The van der Waals surface area contributed by atoms with Crippen molar-refractivity contribution in [3.05, 3.63) is 58.9 Å². The van der Waals surface area contributed by atoms with Gasteiger partial charge in [0.15, 0.2) is 5.82 Å². The maximum absolute atomic E-state index is 12.8. The fraction of sp³-hybridized carbons (Fsp3) is 0.391. The minimum absolute atomic E-state index is 0.0500. The molecule has 0 saturated carbocycles. The monoisotopic (exact) mass is 419 g/mol. The summed E-state index contributed by atoms with van der Waals surface area (Å²) in [5.74, 6) is 1.87. The molecule has 162 valence electrons. The van der Waals surface area contributed by atoms with Gasteiger partial charge in [-0.25, -0.2) is 4.98 Å². The van der Waals surface area contributed by atoms with Gasteiger partial charge in [0.25, 0.3) is 5.91 Å². The Bertz CT molecular complexity index is 1070. The van der Waals surface area contributed by atoms with Crippen molar-refractivity contribution in [3.8, 4) is 0 Å². The summed E-state index contributed by atoms with van der Waals surface area (Å²) in [6.07, 6.45) is 2.77. The third-order valence-electron chi connectivity index (χ3n) is 5.39. The van der Waals surface area contributed by atoms with E-state index in [1.807, 2.05) is 30.3 Å². The Morgan fingerprint density at radius 3 is 2.65 bits per heavy atom. The van der Waals surface area contributed by atoms with Crippen LogP contribution >= 0.6 is 0 Å². The topological polar surface area (TPSA) is 98.8 Å². The lowest BCUT2D eigenvalue weighted by molar-refractivity contribution is 0.102. The highest BCUT2D eigenvalue weighted by Gasteiger charge is 2.27. The summed E-state index contributed by atoms with van der Waals surface area (Å²) in [4.78, 5) is 23.8. The molecule has 2 aromatic heterocycles. The molecule has 1 aliphatic rings. The number of benzene rings is 1. The van der Waals surface area contributed by atoms with Crippen molar-refractivity contribution >= 4 is 23.5 Å². The van der Waals surface area contributed by atoms with Crippen LogP contribution in [0.25, 0.3) is 0 Å². The summed E-state index contributed by atoms with van der Waals surface area (Å²) >= 11 is 0. The number of amides is 1. The van der Waals surface area contributed by atoms with Crippen molar-refractivity contribution in [2.75, 3.05) is 22.1 Å². The van der Waals surface area contributed by atoms with Crippen molar-refractivity contribution in [1.82, 2.24) is 20.2 Å². The number of H-pyrrole nitrogens is 1. The molecule has 0 atom stereocenters. The Labute approximate surface area is 182 Å². The number of carbonyl (C=O) groups is 1. The van der Waals surface area contributed by atoms with Crippen molar-refractivity contribution in [3.63, 3.8) is 0 Å². The number of carbonyl (C=O) groups excluding carboxylic acids is 1. The first kappa shape index (κ1) is 20.8. The molecule has 1 aliphatic heterocycles. The number of fused-ring (bicyclic) bond motifs is 1. The van der Waals surface area contributed by atoms with Gasteiger partial charge >= 0.3 is 0 Å². The zero-order chi connectivity index (χ0) is 22.0. The molecule has 1 aromatic carbocycles. The maximum atomic E-state index is 12.8. The van der Waals surface area contributed by atoms with E-state index in [9.17, 15) is 4.79 Å². The van der Waals surface area contributed by atoms with Crippen molar-refractivity contribution in [2.45, 2.75) is 52.6 Å². The van der Waals surface area contributed by atoms with Crippen LogP contribution in [0.2, 0.25) is 0 Å². The Morgan fingerprint density at radius 2 is 1.94 bits per heavy atom. The lowest BCUT2D eigenvalue weighted by Crippen LogP contribution is -2.19. The average Bonchev–Trinajstić information content (AvgIpc) is 3.34. The maximum Gasteiger partial charge on any atom is 0.256 e. The predicted molar refractivity (Wildman–Crippen MR) is 122 cm³/mol. The summed E-state index contributed by atoms with van der Waals surface area (Å²) in [7, 11) is 0. The van der Waals surface area contributed by atoms with Crippen LogP contribution in [0.15, 0.2) is 36.5 Å². The van der Waals surface area contributed by atoms with E-state index >= 15 is 0 Å². The number of aromatic amines is 1. The van der Waals surface area contributed by atoms with Crippen LogP contribution in [0, 0.1) is 0 Å². The second-order valence-electron chi connectivity index (χ2n) is 8.83. The zero-order valence-electron chi connectivity index (χ0n) is 18.5. The van der Waals surface area contributed by atoms with E-state index in [0.29, 0.717) is 30.4 Å². The fourth-order valence-corrected chi connectivity index (χ4v) is 3.55. The first-order valence-corrected chi connectivity index (χ1v) is 10.6. The molecule has 0 radical (unpaired) electrons. The predicted octanol–water partition coefficient (Wildman–Crippen LogP) is 4.09. The van der Waals surface area contributed by atoms with Crippen LogP contribution in [-0.4, -0.2) is 32.6 Å². The molecule has 0 saturated heterocycles. The molecule has 8 heteroatoms. The second kappa shape index (κ2) is 8.37. The Hall–Kier alpha value is -3.42. The molecule has 4 rings (SSSR count). The molecule has 3 heterocycles. The van der Waals surface area contributed by atoms with E-state index in [4.69, 9.17) is 0 Å². The van der Waals surface area contributed by atoms with Gasteiger partial charge in [-0.2, -0.15) is 10.1 Å². The zero-order valence-corrected chi connectivity index (χ0v) is 18.5. The van der Waals surface area contributed by atoms with Gasteiger partial charge in [0.1, 0.15) is 5.82 Å². The summed E-state index contributed by atoms with van der Waals surface area (Å²) in [6.45, 7) is 10.7. The van der Waals surface area contributed by atoms with Crippen LogP contribution in [-0.2, 0) is 18.5 Å². The largest absolute Gasteiger partial charge is 0.354 e. The molecular formula is C23H29N7O. The number of nitrogens with one attached hydrogen (secondary N) is 3. The average molecular weight is 420 g/mol. The van der Waals surface area contributed by atoms with Crippen LogP contribution < -0.4 is 15.5 Å². The Balaban J connectivity index is 1.45. The first-order chi connectivity index (χ1) is 14.8. The van der Waals surface area contributed by atoms with Crippen molar-refractivity contribution < 1.29 is 4.79 Å². The molecule has 0 fully saturated rings. The highest BCUT2D eigenvalue weighted by atomic mass is 16.1. The molecule has 3 N–H and O–H groups in total. The van der Waals surface area contributed by atoms with Crippen molar-refractivity contribution in [1.29, 1.82) is 0 Å².